The van der Waals surface area contributed by atoms with E-state index in [2.05, 4.69) is 20.2 Å². The number of halogens is 3. The number of aromatic nitrogens is 3. The fourth-order valence-electron chi connectivity index (χ4n) is 6.95. The zero-order valence-corrected chi connectivity index (χ0v) is 22.5. The first-order valence-corrected chi connectivity index (χ1v) is 14.4. The average molecular weight is 556 g/mol. The van der Waals surface area contributed by atoms with Gasteiger partial charge in [0.15, 0.2) is 5.82 Å². The molecule has 3 aromatic rings. The standard InChI is InChI=1S/C29H32ClF2N5O2/c30-22-11-19(38)10-20(23(22)16-2-3-16)26-24(32)27-21(13-34-26)25(17-4-7-33-8-5-17)35-28(36-27)39-15-29-6-1-9-37(29)14-18(31)12-29/h10-11,13,16-18,33,38H,1-9,12,14-15H2/t18-,29+/m1/s1. The predicted octanol–water partition coefficient (Wildman–Crippen LogP) is 5.49. The molecule has 2 aromatic heterocycles. The largest absolute Gasteiger partial charge is 0.508 e. The van der Waals surface area contributed by atoms with E-state index in [1.165, 1.54) is 12.1 Å². The molecule has 3 aliphatic heterocycles. The summed E-state index contributed by atoms with van der Waals surface area (Å²) >= 11 is 6.51. The number of nitrogens with zero attached hydrogens (tertiary/aromatic N) is 4. The van der Waals surface area contributed by atoms with E-state index in [4.69, 9.17) is 21.3 Å². The summed E-state index contributed by atoms with van der Waals surface area (Å²) in [7, 11) is 0. The molecule has 4 fully saturated rings. The Hall–Kier alpha value is -2.62. The Morgan fingerprint density at radius 2 is 1.97 bits per heavy atom. The Morgan fingerprint density at radius 1 is 1.15 bits per heavy atom. The summed E-state index contributed by atoms with van der Waals surface area (Å²) < 4.78 is 36.9. The van der Waals surface area contributed by atoms with Crippen LogP contribution >= 0.6 is 11.6 Å². The second-order valence-electron chi connectivity index (χ2n) is 11.6. The summed E-state index contributed by atoms with van der Waals surface area (Å²) in [4.78, 5) is 16.1. The molecule has 10 heteroatoms. The van der Waals surface area contributed by atoms with Crippen molar-refractivity contribution in [3.63, 3.8) is 0 Å². The van der Waals surface area contributed by atoms with Crippen LogP contribution in [0.5, 0.6) is 11.8 Å². The van der Waals surface area contributed by atoms with Gasteiger partial charge >= 0.3 is 6.01 Å². The van der Waals surface area contributed by atoms with E-state index in [-0.39, 0.29) is 47.0 Å². The highest BCUT2D eigenvalue weighted by Gasteiger charge is 2.49. The second kappa shape index (κ2) is 9.78. The maximum absolute atomic E-state index is 16.4. The third-order valence-corrected chi connectivity index (χ3v) is 9.32. The van der Waals surface area contributed by atoms with Gasteiger partial charge in [-0.1, -0.05) is 11.6 Å². The first-order valence-electron chi connectivity index (χ1n) is 14.0. The van der Waals surface area contributed by atoms with Gasteiger partial charge in [0.25, 0.3) is 0 Å². The topological polar surface area (TPSA) is 83.4 Å². The highest BCUT2D eigenvalue weighted by atomic mass is 35.5. The molecule has 0 bridgehead atoms. The lowest BCUT2D eigenvalue weighted by atomic mass is 9.92. The van der Waals surface area contributed by atoms with Crippen molar-refractivity contribution in [3.8, 4) is 23.0 Å². The molecule has 206 valence electrons. The van der Waals surface area contributed by atoms with Crippen LogP contribution in [0.4, 0.5) is 8.78 Å². The van der Waals surface area contributed by atoms with Crippen LogP contribution in [0.15, 0.2) is 18.3 Å². The molecular formula is C29H32ClF2N5O2. The zero-order valence-electron chi connectivity index (χ0n) is 21.7. The highest BCUT2D eigenvalue weighted by molar-refractivity contribution is 6.32. The minimum Gasteiger partial charge on any atom is -0.508 e. The molecule has 0 spiro atoms. The average Bonchev–Trinajstić information content (AvgIpc) is 3.61. The summed E-state index contributed by atoms with van der Waals surface area (Å²) in [6, 6.07) is 3.15. The van der Waals surface area contributed by atoms with Crippen molar-refractivity contribution in [2.45, 2.75) is 68.5 Å². The Morgan fingerprint density at radius 3 is 2.77 bits per heavy atom. The molecule has 39 heavy (non-hydrogen) atoms. The lowest BCUT2D eigenvalue weighted by Crippen LogP contribution is -2.43. The van der Waals surface area contributed by atoms with E-state index < -0.39 is 12.0 Å². The van der Waals surface area contributed by atoms with E-state index in [9.17, 15) is 9.50 Å². The van der Waals surface area contributed by atoms with Crippen molar-refractivity contribution in [3.05, 3.63) is 40.4 Å². The van der Waals surface area contributed by atoms with Gasteiger partial charge in [0.05, 0.1) is 11.2 Å². The van der Waals surface area contributed by atoms with Gasteiger partial charge < -0.3 is 15.2 Å². The number of phenolic OH excluding ortho intramolecular Hbond substituents is 1. The number of alkyl halides is 1. The van der Waals surface area contributed by atoms with Gasteiger partial charge in [-0.05, 0) is 81.8 Å². The van der Waals surface area contributed by atoms with Gasteiger partial charge in [0, 0.05) is 41.1 Å². The molecular weight excluding hydrogens is 524 g/mol. The summed E-state index contributed by atoms with van der Waals surface area (Å²) in [6.45, 7) is 3.27. The minimum atomic E-state index is -0.863. The maximum Gasteiger partial charge on any atom is 0.317 e. The maximum atomic E-state index is 16.4. The quantitative estimate of drug-likeness (QED) is 0.416. The van der Waals surface area contributed by atoms with Crippen molar-refractivity contribution in [1.82, 2.24) is 25.2 Å². The molecule has 4 aliphatic rings. The van der Waals surface area contributed by atoms with Gasteiger partial charge in [-0.3, -0.25) is 9.88 Å². The molecule has 1 aliphatic carbocycles. The Balaban J connectivity index is 1.32. The van der Waals surface area contributed by atoms with E-state index in [0.717, 1.165) is 69.4 Å². The molecule has 2 N–H and O–H groups in total. The number of pyridine rings is 1. The van der Waals surface area contributed by atoms with Crippen LogP contribution in [0.2, 0.25) is 5.02 Å². The van der Waals surface area contributed by atoms with E-state index in [1.54, 1.807) is 6.20 Å². The number of ether oxygens (including phenoxy) is 1. The molecule has 7 rings (SSSR count). The number of piperidine rings is 1. The minimum absolute atomic E-state index is 0.0362. The SMILES string of the molecule is Oc1cc(Cl)c(C2CC2)c(-c2ncc3c(C4CCNCC4)nc(OC[C@@]45CCCN4C[C@H](F)C5)nc3c2F)c1. The normalized spacial score (nSPS) is 25.9. The smallest absolute Gasteiger partial charge is 0.317 e. The molecule has 0 unspecified atom stereocenters. The molecule has 0 radical (unpaired) electrons. The van der Waals surface area contributed by atoms with Crippen molar-refractivity contribution in [2.75, 3.05) is 32.8 Å². The number of hydrogen-bond acceptors (Lipinski definition) is 7. The number of nitrogens with one attached hydrogen (secondary N) is 1. The third-order valence-electron chi connectivity index (χ3n) is 9.00. The van der Waals surface area contributed by atoms with Crippen LogP contribution < -0.4 is 10.1 Å². The zero-order chi connectivity index (χ0) is 26.7. The number of benzene rings is 1. The van der Waals surface area contributed by atoms with E-state index in [0.29, 0.717) is 28.9 Å². The van der Waals surface area contributed by atoms with Crippen molar-refractivity contribution < 1.29 is 18.6 Å². The Bertz CT molecular complexity index is 1430. The number of rotatable bonds is 6. The molecule has 7 nitrogen and oxygen atoms in total. The van der Waals surface area contributed by atoms with Crippen LogP contribution in [0.25, 0.3) is 22.2 Å². The van der Waals surface area contributed by atoms with Crippen molar-refractivity contribution in [2.24, 2.45) is 0 Å². The summed E-state index contributed by atoms with van der Waals surface area (Å²) in [5.74, 6) is -0.278. The second-order valence-corrected chi connectivity index (χ2v) is 12.0. The fourth-order valence-corrected chi connectivity index (χ4v) is 7.32. The Labute approximate surface area is 230 Å². The molecule has 3 saturated heterocycles. The summed E-state index contributed by atoms with van der Waals surface area (Å²) in [5.41, 5.74) is 1.95. The number of aromatic hydroxyl groups is 1. The van der Waals surface area contributed by atoms with Crippen LogP contribution in [-0.2, 0) is 0 Å². The first kappa shape index (κ1) is 25.4. The summed E-state index contributed by atoms with van der Waals surface area (Å²) in [6.07, 6.45) is 6.75. The van der Waals surface area contributed by atoms with Crippen molar-refractivity contribution in [1.29, 1.82) is 0 Å². The van der Waals surface area contributed by atoms with Gasteiger partial charge in [0.1, 0.15) is 29.7 Å². The fraction of sp³-hybridized carbons (Fsp3) is 0.552. The number of phenols is 1. The van der Waals surface area contributed by atoms with Crippen LogP contribution in [0.1, 0.15) is 68.0 Å². The Kier molecular flexibility index (Phi) is 6.36. The van der Waals surface area contributed by atoms with Crippen LogP contribution in [-0.4, -0.2) is 69.5 Å². The lowest BCUT2D eigenvalue weighted by molar-refractivity contribution is 0.107. The van der Waals surface area contributed by atoms with Gasteiger partial charge in [0.2, 0.25) is 0 Å². The number of fused-ring (bicyclic) bond motifs is 2. The van der Waals surface area contributed by atoms with Gasteiger partial charge in [-0.15, -0.1) is 0 Å². The van der Waals surface area contributed by atoms with Crippen LogP contribution in [0.3, 0.4) is 0 Å². The molecule has 1 aromatic carbocycles. The molecule has 5 heterocycles. The highest BCUT2D eigenvalue weighted by Crippen LogP contribution is 2.49. The predicted molar refractivity (Wildman–Crippen MR) is 145 cm³/mol. The van der Waals surface area contributed by atoms with Gasteiger partial charge in [-0.2, -0.15) is 9.97 Å². The molecule has 2 atom stereocenters. The molecule has 1 saturated carbocycles. The summed E-state index contributed by atoms with van der Waals surface area (Å²) in [5, 5.41) is 14.7. The third kappa shape index (κ3) is 4.52. The lowest BCUT2D eigenvalue weighted by Gasteiger charge is -2.31. The monoisotopic (exact) mass is 555 g/mol. The van der Waals surface area contributed by atoms with Crippen LogP contribution in [0, 0.1) is 5.82 Å². The first-order chi connectivity index (χ1) is 18.9. The van der Waals surface area contributed by atoms with Gasteiger partial charge in [-0.25, -0.2) is 8.78 Å². The van der Waals surface area contributed by atoms with E-state index >= 15 is 4.39 Å². The van der Waals surface area contributed by atoms with E-state index in [1.807, 2.05) is 0 Å². The molecule has 0 amide bonds. The van der Waals surface area contributed by atoms with Crippen molar-refractivity contribution >= 4 is 22.5 Å². The number of hydrogen-bond donors (Lipinski definition) is 2.